The van der Waals surface area contributed by atoms with Crippen molar-refractivity contribution in [3.63, 3.8) is 0 Å². The van der Waals surface area contributed by atoms with Gasteiger partial charge >= 0.3 is 0 Å². The van der Waals surface area contributed by atoms with Gasteiger partial charge in [0.1, 0.15) is 5.75 Å². The van der Waals surface area contributed by atoms with Crippen LogP contribution in [0.15, 0.2) is 4.47 Å². The molecule has 5 nitrogen and oxygen atoms in total. The molecule has 0 bridgehead atoms. The van der Waals surface area contributed by atoms with E-state index in [0.29, 0.717) is 5.69 Å². The SMILES string of the molecule is CCc1nn(C)c(CS(N)(=O)=O)c1Br. The van der Waals surface area contributed by atoms with Gasteiger partial charge in [-0.1, -0.05) is 6.92 Å². The Hall–Kier alpha value is -0.400. The molecule has 80 valence electrons. The Morgan fingerprint density at radius 2 is 2.14 bits per heavy atom. The van der Waals surface area contributed by atoms with Crippen LogP contribution in [0.2, 0.25) is 0 Å². The lowest BCUT2D eigenvalue weighted by Gasteiger charge is -1.99. The molecule has 0 amide bonds. The Balaban J connectivity index is 3.15. The summed E-state index contributed by atoms with van der Waals surface area (Å²) >= 11 is 3.31. The zero-order valence-electron chi connectivity index (χ0n) is 7.99. The molecule has 0 aliphatic rings. The van der Waals surface area contributed by atoms with Gasteiger partial charge in [0, 0.05) is 7.05 Å². The van der Waals surface area contributed by atoms with E-state index in [1.54, 1.807) is 7.05 Å². The number of hydrogen-bond acceptors (Lipinski definition) is 3. The maximum absolute atomic E-state index is 10.9. The summed E-state index contributed by atoms with van der Waals surface area (Å²) in [6.07, 6.45) is 0.749. The van der Waals surface area contributed by atoms with E-state index < -0.39 is 10.0 Å². The van der Waals surface area contributed by atoms with Crippen LogP contribution in [0, 0.1) is 0 Å². The van der Waals surface area contributed by atoms with Gasteiger partial charge in [-0.25, -0.2) is 13.6 Å². The molecule has 0 saturated heterocycles. The predicted octanol–water partition coefficient (Wildman–Crippen LogP) is 0.534. The second-order valence-electron chi connectivity index (χ2n) is 2.99. The monoisotopic (exact) mass is 281 g/mol. The minimum atomic E-state index is -3.51. The number of nitrogens with two attached hydrogens (primary N) is 1. The maximum Gasteiger partial charge on any atom is 0.214 e. The van der Waals surface area contributed by atoms with Crippen LogP contribution < -0.4 is 5.14 Å². The molecule has 0 aromatic carbocycles. The highest BCUT2D eigenvalue weighted by molar-refractivity contribution is 9.10. The zero-order chi connectivity index (χ0) is 10.9. The Morgan fingerprint density at radius 3 is 2.50 bits per heavy atom. The summed E-state index contributed by atoms with van der Waals surface area (Å²) < 4.78 is 24.1. The quantitative estimate of drug-likeness (QED) is 0.878. The first-order valence-electron chi connectivity index (χ1n) is 4.06. The highest BCUT2D eigenvalue weighted by atomic mass is 79.9. The third kappa shape index (κ3) is 2.55. The smallest absolute Gasteiger partial charge is 0.214 e. The Bertz CT molecular complexity index is 438. The summed E-state index contributed by atoms with van der Waals surface area (Å²) in [5.41, 5.74) is 1.43. The minimum Gasteiger partial charge on any atom is -0.270 e. The van der Waals surface area contributed by atoms with Gasteiger partial charge in [0.25, 0.3) is 0 Å². The molecule has 0 spiro atoms. The van der Waals surface area contributed by atoms with Crippen molar-refractivity contribution >= 4 is 26.0 Å². The largest absolute Gasteiger partial charge is 0.270 e. The van der Waals surface area contributed by atoms with Crippen LogP contribution in [0.25, 0.3) is 0 Å². The standard InChI is InChI=1S/C7H12BrN3O2S/c1-3-5-7(8)6(11(2)10-5)4-14(9,12)13/h3-4H2,1-2H3,(H2,9,12,13). The van der Waals surface area contributed by atoms with Gasteiger partial charge in [-0.2, -0.15) is 5.10 Å². The number of hydrogen-bond donors (Lipinski definition) is 1. The average molecular weight is 282 g/mol. The molecule has 1 rings (SSSR count). The fraction of sp³-hybridized carbons (Fsp3) is 0.571. The van der Waals surface area contributed by atoms with Crippen LogP contribution in [0.4, 0.5) is 0 Å². The van der Waals surface area contributed by atoms with Gasteiger partial charge in [0.15, 0.2) is 0 Å². The molecule has 0 aliphatic carbocycles. The minimum absolute atomic E-state index is 0.197. The highest BCUT2D eigenvalue weighted by Crippen LogP contribution is 2.22. The number of sulfonamides is 1. The van der Waals surface area contributed by atoms with Crippen molar-refractivity contribution in [2.24, 2.45) is 12.2 Å². The van der Waals surface area contributed by atoms with E-state index in [0.717, 1.165) is 16.6 Å². The number of nitrogens with zero attached hydrogens (tertiary/aromatic N) is 2. The molecule has 0 saturated carbocycles. The lowest BCUT2D eigenvalue weighted by Crippen LogP contribution is -2.16. The third-order valence-electron chi connectivity index (χ3n) is 1.84. The van der Waals surface area contributed by atoms with Gasteiger partial charge in [0.05, 0.1) is 15.9 Å². The van der Waals surface area contributed by atoms with E-state index >= 15 is 0 Å². The number of aryl methyl sites for hydroxylation is 2. The van der Waals surface area contributed by atoms with Gasteiger partial charge in [0.2, 0.25) is 10.0 Å². The maximum atomic E-state index is 10.9. The number of halogens is 1. The van der Waals surface area contributed by atoms with E-state index in [4.69, 9.17) is 5.14 Å². The van der Waals surface area contributed by atoms with Gasteiger partial charge in [-0.15, -0.1) is 0 Å². The second-order valence-corrected chi connectivity index (χ2v) is 5.40. The summed E-state index contributed by atoms with van der Waals surface area (Å²) in [6, 6.07) is 0. The second kappa shape index (κ2) is 4.00. The van der Waals surface area contributed by atoms with Crippen molar-refractivity contribution in [1.29, 1.82) is 0 Å². The van der Waals surface area contributed by atoms with Crippen LogP contribution in [-0.4, -0.2) is 18.2 Å². The molecule has 1 heterocycles. The first-order valence-corrected chi connectivity index (χ1v) is 6.56. The van der Waals surface area contributed by atoms with Crippen molar-refractivity contribution in [2.75, 3.05) is 0 Å². The van der Waals surface area contributed by atoms with E-state index in [1.165, 1.54) is 4.68 Å². The Labute approximate surface area is 91.5 Å². The topological polar surface area (TPSA) is 78.0 Å². The van der Waals surface area contributed by atoms with E-state index in [2.05, 4.69) is 21.0 Å². The van der Waals surface area contributed by atoms with E-state index in [9.17, 15) is 8.42 Å². The van der Waals surface area contributed by atoms with Crippen molar-refractivity contribution < 1.29 is 8.42 Å². The first-order chi connectivity index (χ1) is 6.35. The van der Waals surface area contributed by atoms with Crippen LogP contribution in [0.5, 0.6) is 0 Å². The summed E-state index contributed by atoms with van der Waals surface area (Å²) in [5.74, 6) is -0.197. The van der Waals surface area contributed by atoms with Crippen LogP contribution >= 0.6 is 15.9 Å². The summed E-state index contributed by atoms with van der Waals surface area (Å²) in [5, 5.41) is 9.13. The molecule has 0 atom stereocenters. The molecule has 0 unspecified atom stereocenters. The predicted molar refractivity (Wildman–Crippen MR) is 57.1 cm³/mol. The fourth-order valence-corrected chi connectivity index (χ4v) is 2.82. The number of primary sulfonamides is 1. The Morgan fingerprint density at radius 1 is 1.57 bits per heavy atom. The fourth-order valence-electron chi connectivity index (χ4n) is 1.17. The van der Waals surface area contributed by atoms with Crippen molar-refractivity contribution in [3.05, 3.63) is 15.9 Å². The van der Waals surface area contributed by atoms with E-state index in [-0.39, 0.29) is 5.75 Å². The van der Waals surface area contributed by atoms with Gasteiger partial charge in [-0.05, 0) is 22.4 Å². The van der Waals surface area contributed by atoms with E-state index in [1.807, 2.05) is 6.92 Å². The summed E-state index contributed by atoms with van der Waals surface area (Å²) in [4.78, 5) is 0. The van der Waals surface area contributed by atoms with Crippen molar-refractivity contribution in [3.8, 4) is 0 Å². The lowest BCUT2D eigenvalue weighted by molar-refractivity contribution is 0.593. The molecular weight excluding hydrogens is 270 g/mol. The number of rotatable bonds is 3. The third-order valence-corrected chi connectivity index (χ3v) is 3.43. The van der Waals surface area contributed by atoms with Crippen molar-refractivity contribution in [2.45, 2.75) is 19.1 Å². The first kappa shape index (κ1) is 11.7. The molecule has 0 radical (unpaired) electrons. The lowest BCUT2D eigenvalue weighted by atomic mass is 10.3. The number of aromatic nitrogens is 2. The zero-order valence-corrected chi connectivity index (χ0v) is 10.4. The molecule has 14 heavy (non-hydrogen) atoms. The summed E-state index contributed by atoms with van der Waals surface area (Å²) in [6.45, 7) is 1.95. The van der Waals surface area contributed by atoms with Gasteiger partial charge < -0.3 is 0 Å². The molecule has 1 aromatic rings. The molecular formula is C7H12BrN3O2S. The molecule has 1 aromatic heterocycles. The molecule has 0 aliphatic heterocycles. The van der Waals surface area contributed by atoms with Crippen LogP contribution in [0.1, 0.15) is 18.3 Å². The van der Waals surface area contributed by atoms with Crippen molar-refractivity contribution in [1.82, 2.24) is 9.78 Å². The highest BCUT2D eigenvalue weighted by Gasteiger charge is 2.16. The molecule has 2 N–H and O–H groups in total. The van der Waals surface area contributed by atoms with Crippen LogP contribution in [-0.2, 0) is 29.2 Å². The Kier molecular flexibility index (Phi) is 3.33. The summed E-state index contributed by atoms with van der Waals surface area (Å²) in [7, 11) is -1.81. The molecule has 0 fully saturated rings. The normalized spacial score (nSPS) is 12.0. The van der Waals surface area contributed by atoms with Gasteiger partial charge in [-0.3, -0.25) is 4.68 Å². The molecule has 7 heteroatoms. The van der Waals surface area contributed by atoms with Crippen LogP contribution in [0.3, 0.4) is 0 Å². The average Bonchev–Trinajstić information content (AvgIpc) is 2.29.